The molecule has 0 bridgehead atoms. The zero-order valence-electron chi connectivity index (χ0n) is 18.2. The summed E-state index contributed by atoms with van der Waals surface area (Å²) in [5, 5.41) is 4.77. The van der Waals surface area contributed by atoms with Crippen LogP contribution >= 0.6 is 23.8 Å². The molecule has 3 heterocycles. The van der Waals surface area contributed by atoms with Gasteiger partial charge in [-0.05, 0) is 79.3 Å². The van der Waals surface area contributed by atoms with Crippen LogP contribution in [0.4, 0.5) is 5.69 Å². The normalized spacial score (nSPS) is 17.8. The fourth-order valence-corrected chi connectivity index (χ4v) is 4.72. The number of thiocarbonyl (C=S) groups is 1. The van der Waals surface area contributed by atoms with E-state index in [1.54, 1.807) is 13.3 Å². The molecule has 4 aromatic rings. The molecule has 0 saturated carbocycles. The second-order valence-corrected chi connectivity index (χ2v) is 8.60. The van der Waals surface area contributed by atoms with Crippen LogP contribution in [0.25, 0.3) is 11.3 Å². The van der Waals surface area contributed by atoms with Gasteiger partial charge in [0.25, 0.3) is 0 Å². The fraction of sp³-hybridized carbons (Fsp3) is 0.154. The maximum Gasteiger partial charge on any atom is 0.174 e. The summed E-state index contributed by atoms with van der Waals surface area (Å²) in [5.74, 6) is 2.33. The SMILES string of the molecule is COc1ccc(N2C(=S)N[C@@H](c3ccccn3)[C@@H]2c2ccc(-c3cccc(Cl)c3C)o2)cc1. The number of nitrogens with one attached hydrogen (secondary N) is 1. The molecule has 166 valence electrons. The van der Waals surface area contributed by atoms with Gasteiger partial charge in [0, 0.05) is 22.5 Å². The lowest BCUT2D eigenvalue weighted by Gasteiger charge is -2.26. The highest BCUT2D eigenvalue weighted by Crippen LogP contribution is 2.43. The van der Waals surface area contributed by atoms with E-state index in [1.165, 1.54) is 0 Å². The summed E-state index contributed by atoms with van der Waals surface area (Å²) >= 11 is 12.1. The Kier molecular flexibility index (Phi) is 5.79. The Morgan fingerprint density at radius 3 is 2.58 bits per heavy atom. The first-order valence-electron chi connectivity index (χ1n) is 10.6. The molecule has 2 aromatic heterocycles. The molecule has 1 saturated heterocycles. The number of hydrogen-bond acceptors (Lipinski definition) is 4. The van der Waals surface area contributed by atoms with E-state index < -0.39 is 0 Å². The van der Waals surface area contributed by atoms with Crippen molar-refractivity contribution in [3.8, 4) is 17.1 Å². The van der Waals surface area contributed by atoms with Crippen LogP contribution in [0, 0.1) is 6.92 Å². The van der Waals surface area contributed by atoms with Gasteiger partial charge < -0.3 is 19.4 Å². The maximum absolute atomic E-state index is 6.43. The molecule has 5 nitrogen and oxygen atoms in total. The van der Waals surface area contributed by atoms with Crippen LogP contribution < -0.4 is 15.0 Å². The molecule has 0 amide bonds. The summed E-state index contributed by atoms with van der Waals surface area (Å²) < 4.78 is 11.8. The number of methoxy groups -OCH3 is 1. The topological polar surface area (TPSA) is 50.5 Å². The number of nitrogens with zero attached hydrogens (tertiary/aromatic N) is 2. The Bertz CT molecular complexity index is 1290. The standard InChI is InChI=1S/C26H22ClN3O2S/c1-16-19(6-5-7-20(16)27)22-13-14-23(32-22)25-24(21-8-3-4-15-28-21)29-26(33)30(25)17-9-11-18(31-2)12-10-17/h3-15,24-25H,1-2H3,(H,29,33)/t24-,25-/m0/s1. The van der Waals surface area contributed by atoms with E-state index in [4.69, 9.17) is 33.0 Å². The zero-order chi connectivity index (χ0) is 22.9. The monoisotopic (exact) mass is 475 g/mol. The predicted octanol–water partition coefficient (Wildman–Crippen LogP) is 6.49. The fourth-order valence-electron chi connectivity index (χ4n) is 4.20. The molecular weight excluding hydrogens is 454 g/mol. The van der Waals surface area contributed by atoms with Crippen LogP contribution in [0.3, 0.4) is 0 Å². The second-order valence-electron chi connectivity index (χ2n) is 7.81. The van der Waals surface area contributed by atoms with Crippen LogP contribution in [0.5, 0.6) is 5.75 Å². The van der Waals surface area contributed by atoms with E-state index in [-0.39, 0.29) is 12.1 Å². The number of aromatic nitrogens is 1. The van der Waals surface area contributed by atoms with Gasteiger partial charge in [-0.3, -0.25) is 4.98 Å². The number of pyridine rings is 1. The van der Waals surface area contributed by atoms with Crippen molar-refractivity contribution in [3.05, 3.63) is 101 Å². The lowest BCUT2D eigenvalue weighted by molar-refractivity contribution is 0.414. The van der Waals surface area contributed by atoms with Gasteiger partial charge in [0.2, 0.25) is 0 Å². The molecule has 1 N–H and O–H groups in total. The molecule has 1 fully saturated rings. The van der Waals surface area contributed by atoms with Gasteiger partial charge >= 0.3 is 0 Å². The highest BCUT2D eigenvalue weighted by molar-refractivity contribution is 7.80. The molecule has 0 radical (unpaired) electrons. The van der Waals surface area contributed by atoms with E-state index in [2.05, 4.69) is 15.2 Å². The van der Waals surface area contributed by atoms with Gasteiger partial charge in [-0.25, -0.2) is 0 Å². The Morgan fingerprint density at radius 2 is 1.85 bits per heavy atom. The van der Waals surface area contributed by atoms with E-state index in [0.29, 0.717) is 10.1 Å². The van der Waals surface area contributed by atoms with Gasteiger partial charge in [0.05, 0.1) is 18.8 Å². The van der Waals surface area contributed by atoms with Gasteiger partial charge in [-0.2, -0.15) is 0 Å². The Labute approximate surface area is 203 Å². The van der Waals surface area contributed by atoms with Crippen molar-refractivity contribution < 1.29 is 9.15 Å². The van der Waals surface area contributed by atoms with Crippen LogP contribution in [0.15, 0.2) is 83.4 Å². The number of hydrogen-bond donors (Lipinski definition) is 1. The minimum absolute atomic E-state index is 0.180. The van der Waals surface area contributed by atoms with Crippen LogP contribution in [-0.4, -0.2) is 17.2 Å². The molecule has 0 aliphatic carbocycles. The minimum atomic E-state index is -0.228. The lowest BCUT2D eigenvalue weighted by atomic mass is 10.0. The highest BCUT2D eigenvalue weighted by atomic mass is 35.5. The first kappa shape index (κ1) is 21.5. The van der Waals surface area contributed by atoms with Crippen molar-refractivity contribution in [1.82, 2.24) is 10.3 Å². The van der Waals surface area contributed by atoms with Crippen molar-refractivity contribution in [3.63, 3.8) is 0 Å². The number of halogens is 1. The van der Waals surface area contributed by atoms with Crippen molar-refractivity contribution in [2.75, 3.05) is 12.0 Å². The number of benzene rings is 2. The summed E-state index contributed by atoms with van der Waals surface area (Å²) in [6, 6.07) is 23.1. The third kappa shape index (κ3) is 3.96. The quantitative estimate of drug-likeness (QED) is 0.333. The van der Waals surface area contributed by atoms with E-state index >= 15 is 0 Å². The predicted molar refractivity (Wildman–Crippen MR) is 135 cm³/mol. The number of furan rings is 1. The van der Waals surface area contributed by atoms with E-state index in [1.807, 2.05) is 79.7 Å². The average Bonchev–Trinajstić information content (AvgIpc) is 3.46. The molecule has 1 aliphatic rings. The summed E-state index contributed by atoms with van der Waals surface area (Å²) in [6.45, 7) is 1.99. The lowest BCUT2D eigenvalue weighted by Crippen LogP contribution is -2.29. The van der Waals surface area contributed by atoms with Crippen molar-refractivity contribution in [1.29, 1.82) is 0 Å². The van der Waals surface area contributed by atoms with Crippen LogP contribution in [-0.2, 0) is 0 Å². The first-order valence-corrected chi connectivity index (χ1v) is 11.4. The van der Waals surface area contributed by atoms with Crippen LogP contribution in [0.1, 0.15) is 29.1 Å². The van der Waals surface area contributed by atoms with Crippen molar-refractivity contribution in [2.24, 2.45) is 0 Å². The second kappa shape index (κ2) is 8.89. The van der Waals surface area contributed by atoms with Gasteiger partial charge in [0.15, 0.2) is 5.11 Å². The molecule has 1 aliphatic heterocycles. The zero-order valence-corrected chi connectivity index (χ0v) is 19.7. The number of anilines is 1. The smallest absolute Gasteiger partial charge is 0.174 e. The van der Waals surface area contributed by atoms with Gasteiger partial charge in [0.1, 0.15) is 23.3 Å². The Morgan fingerprint density at radius 1 is 1.03 bits per heavy atom. The molecular formula is C26H22ClN3O2S. The van der Waals surface area contributed by atoms with E-state index in [0.717, 1.165) is 39.8 Å². The third-order valence-electron chi connectivity index (χ3n) is 5.90. The molecule has 0 spiro atoms. The number of ether oxygens (including phenoxy) is 1. The largest absolute Gasteiger partial charge is 0.497 e. The average molecular weight is 476 g/mol. The number of rotatable bonds is 5. The van der Waals surface area contributed by atoms with Gasteiger partial charge in [-0.1, -0.05) is 29.8 Å². The van der Waals surface area contributed by atoms with E-state index in [9.17, 15) is 0 Å². The summed E-state index contributed by atoms with van der Waals surface area (Å²) in [6.07, 6.45) is 1.79. The highest BCUT2D eigenvalue weighted by Gasteiger charge is 2.42. The Hall–Kier alpha value is -3.35. The first-order chi connectivity index (χ1) is 16.1. The van der Waals surface area contributed by atoms with Gasteiger partial charge in [-0.15, -0.1) is 0 Å². The molecule has 7 heteroatoms. The Balaban J connectivity index is 1.60. The third-order valence-corrected chi connectivity index (χ3v) is 6.62. The van der Waals surface area contributed by atoms with Crippen LogP contribution in [0.2, 0.25) is 5.02 Å². The van der Waals surface area contributed by atoms with Crippen molar-refractivity contribution in [2.45, 2.75) is 19.0 Å². The maximum atomic E-state index is 6.43. The molecule has 33 heavy (non-hydrogen) atoms. The molecule has 0 unspecified atom stereocenters. The molecule has 5 rings (SSSR count). The summed E-state index contributed by atoms with van der Waals surface area (Å²) in [5.41, 5.74) is 3.77. The van der Waals surface area contributed by atoms with Crippen molar-refractivity contribution >= 4 is 34.6 Å². The molecule has 2 aromatic carbocycles. The minimum Gasteiger partial charge on any atom is -0.497 e. The summed E-state index contributed by atoms with van der Waals surface area (Å²) in [7, 11) is 1.65. The molecule has 2 atom stereocenters. The summed E-state index contributed by atoms with van der Waals surface area (Å²) in [4.78, 5) is 6.66.